The molecule has 0 saturated carbocycles. The molecule has 0 saturated heterocycles. The zero-order valence-electron chi connectivity index (χ0n) is 17.5. The van der Waals surface area contributed by atoms with Crippen molar-refractivity contribution in [2.45, 2.75) is 31.2 Å². The van der Waals surface area contributed by atoms with Gasteiger partial charge in [0.2, 0.25) is 21.9 Å². The molecule has 0 bridgehead atoms. The highest BCUT2D eigenvalue weighted by molar-refractivity contribution is 7.89. The summed E-state index contributed by atoms with van der Waals surface area (Å²) in [6.07, 6.45) is 0.552. The van der Waals surface area contributed by atoms with Gasteiger partial charge in [-0.15, -0.1) is 0 Å². The highest BCUT2D eigenvalue weighted by Gasteiger charge is 2.18. The smallest absolute Gasteiger partial charge is 0.240 e. The minimum Gasteiger partial charge on any atom is -0.382 e. The second-order valence-corrected chi connectivity index (χ2v) is 8.67. The van der Waals surface area contributed by atoms with Crippen LogP contribution in [0.2, 0.25) is 0 Å². The van der Waals surface area contributed by atoms with Crippen molar-refractivity contribution in [3.8, 4) is 0 Å². The second-order valence-electron chi connectivity index (χ2n) is 6.90. The zero-order valence-corrected chi connectivity index (χ0v) is 18.3. The summed E-state index contributed by atoms with van der Waals surface area (Å²) in [6, 6.07) is 9.72. The summed E-state index contributed by atoms with van der Waals surface area (Å²) in [5, 5.41) is 2.71. The van der Waals surface area contributed by atoms with E-state index in [9.17, 15) is 22.0 Å². The number of nitrogens with one attached hydrogen (secondary N) is 2. The molecule has 2 aromatic carbocycles. The molecule has 172 valence electrons. The third-order valence-electron chi connectivity index (χ3n) is 4.63. The number of hydrogen-bond donors (Lipinski definition) is 2. The van der Waals surface area contributed by atoms with Gasteiger partial charge in [-0.25, -0.2) is 26.9 Å². The SMILES string of the molecule is CCOCCCn1c(NC(=O)CCNS(=O)(=O)c2ccc(F)c(F)c2)nc2ccccc21. The molecule has 2 N–H and O–H groups in total. The average molecular weight is 467 g/mol. The van der Waals surface area contributed by atoms with E-state index in [0.717, 1.165) is 29.6 Å². The van der Waals surface area contributed by atoms with Gasteiger partial charge in [-0.3, -0.25) is 10.1 Å². The Balaban J connectivity index is 1.62. The average Bonchev–Trinajstić information content (AvgIpc) is 3.09. The van der Waals surface area contributed by atoms with Gasteiger partial charge in [-0.1, -0.05) is 12.1 Å². The van der Waals surface area contributed by atoms with Crippen molar-refractivity contribution in [3.63, 3.8) is 0 Å². The molecule has 0 unspecified atom stereocenters. The Bertz CT molecular complexity index is 1200. The predicted molar refractivity (Wildman–Crippen MR) is 116 cm³/mol. The first kappa shape index (κ1) is 23.8. The number of aromatic nitrogens is 2. The van der Waals surface area contributed by atoms with E-state index in [0.29, 0.717) is 31.8 Å². The summed E-state index contributed by atoms with van der Waals surface area (Å²) in [5.41, 5.74) is 1.58. The van der Waals surface area contributed by atoms with Crippen LogP contribution < -0.4 is 10.0 Å². The van der Waals surface area contributed by atoms with E-state index in [1.54, 1.807) is 0 Å². The number of sulfonamides is 1. The number of amides is 1. The predicted octanol–water partition coefficient (Wildman–Crippen LogP) is 3.05. The highest BCUT2D eigenvalue weighted by atomic mass is 32.2. The maximum atomic E-state index is 13.3. The van der Waals surface area contributed by atoms with Gasteiger partial charge in [0.05, 0.1) is 15.9 Å². The van der Waals surface area contributed by atoms with E-state index in [1.807, 2.05) is 35.8 Å². The van der Waals surface area contributed by atoms with Crippen molar-refractivity contribution in [3.05, 3.63) is 54.1 Å². The molecule has 8 nitrogen and oxygen atoms in total. The topological polar surface area (TPSA) is 102 Å². The van der Waals surface area contributed by atoms with Crippen LogP contribution in [0, 0.1) is 11.6 Å². The molecule has 3 rings (SSSR count). The lowest BCUT2D eigenvalue weighted by atomic mass is 10.3. The van der Waals surface area contributed by atoms with Gasteiger partial charge >= 0.3 is 0 Å². The van der Waals surface area contributed by atoms with E-state index in [1.165, 1.54) is 0 Å². The molecular formula is C21H24F2N4O4S. The van der Waals surface area contributed by atoms with Crippen LogP contribution in [0.3, 0.4) is 0 Å². The molecule has 1 amide bonds. The standard InChI is InChI=1S/C21H24F2N4O4S/c1-2-31-13-5-12-27-19-7-4-3-6-18(19)25-21(27)26-20(28)10-11-24-32(29,30)15-8-9-16(22)17(23)14-15/h3-4,6-9,14,24H,2,5,10-13H2,1H3,(H,25,26,28). The van der Waals surface area contributed by atoms with Gasteiger partial charge < -0.3 is 9.30 Å². The molecule has 0 atom stereocenters. The highest BCUT2D eigenvalue weighted by Crippen LogP contribution is 2.20. The van der Waals surface area contributed by atoms with Crippen molar-refractivity contribution in [2.75, 3.05) is 25.1 Å². The summed E-state index contributed by atoms with van der Waals surface area (Å²) >= 11 is 0. The van der Waals surface area contributed by atoms with Crippen LogP contribution >= 0.6 is 0 Å². The monoisotopic (exact) mass is 466 g/mol. The molecule has 1 heterocycles. The first-order chi connectivity index (χ1) is 15.3. The van der Waals surface area contributed by atoms with Crippen molar-refractivity contribution in [1.82, 2.24) is 14.3 Å². The van der Waals surface area contributed by atoms with E-state index in [4.69, 9.17) is 4.74 Å². The number of ether oxygens (including phenoxy) is 1. The number of nitrogens with zero attached hydrogens (tertiary/aromatic N) is 2. The minimum atomic E-state index is -4.09. The number of rotatable bonds is 11. The minimum absolute atomic E-state index is 0.176. The molecule has 0 radical (unpaired) electrons. The van der Waals surface area contributed by atoms with Crippen LogP contribution in [0.15, 0.2) is 47.4 Å². The Morgan fingerprint density at radius 3 is 2.69 bits per heavy atom. The summed E-state index contributed by atoms with van der Waals surface area (Å²) < 4.78 is 60.2. The fourth-order valence-electron chi connectivity index (χ4n) is 3.08. The Morgan fingerprint density at radius 1 is 1.16 bits per heavy atom. The molecule has 0 aliphatic rings. The van der Waals surface area contributed by atoms with E-state index in [-0.39, 0.29) is 13.0 Å². The van der Waals surface area contributed by atoms with Gasteiger partial charge in [0.15, 0.2) is 11.6 Å². The summed E-state index contributed by atoms with van der Waals surface area (Å²) in [6.45, 7) is 3.46. The quantitative estimate of drug-likeness (QED) is 0.423. The lowest BCUT2D eigenvalue weighted by Crippen LogP contribution is -2.28. The molecule has 32 heavy (non-hydrogen) atoms. The number of hydrogen-bond acceptors (Lipinski definition) is 5. The third-order valence-corrected chi connectivity index (χ3v) is 6.08. The second kappa shape index (κ2) is 10.6. The number of carbonyl (C=O) groups excluding carboxylic acids is 1. The van der Waals surface area contributed by atoms with E-state index >= 15 is 0 Å². The van der Waals surface area contributed by atoms with Crippen molar-refractivity contribution < 1.29 is 26.7 Å². The maximum absolute atomic E-state index is 13.3. The fourth-order valence-corrected chi connectivity index (χ4v) is 4.12. The van der Waals surface area contributed by atoms with Crippen LogP contribution in [0.1, 0.15) is 19.8 Å². The number of fused-ring (bicyclic) bond motifs is 1. The van der Waals surface area contributed by atoms with E-state index < -0.39 is 32.5 Å². The molecule has 1 aromatic heterocycles. The normalized spacial score (nSPS) is 11.7. The number of para-hydroxylation sites is 2. The molecule has 0 aliphatic carbocycles. The van der Waals surface area contributed by atoms with Gasteiger partial charge in [-0.05, 0) is 43.7 Å². The molecule has 0 spiro atoms. The lowest BCUT2D eigenvalue weighted by Gasteiger charge is -2.11. The Kier molecular flexibility index (Phi) is 7.89. The molecule has 11 heteroatoms. The first-order valence-corrected chi connectivity index (χ1v) is 11.6. The number of anilines is 1. The molecular weight excluding hydrogens is 442 g/mol. The molecule has 0 aliphatic heterocycles. The van der Waals surface area contributed by atoms with Gasteiger partial charge in [0.1, 0.15) is 0 Å². The van der Waals surface area contributed by atoms with Gasteiger partial charge in [-0.2, -0.15) is 0 Å². The third kappa shape index (κ3) is 5.87. The lowest BCUT2D eigenvalue weighted by molar-refractivity contribution is -0.116. The molecule has 3 aromatic rings. The van der Waals surface area contributed by atoms with Crippen LogP contribution in [0.4, 0.5) is 14.7 Å². The summed E-state index contributed by atoms with van der Waals surface area (Å²) in [5.74, 6) is -2.50. The number of benzene rings is 2. The Labute approximate surface area is 184 Å². The number of aryl methyl sites for hydroxylation is 1. The fraction of sp³-hybridized carbons (Fsp3) is 0.333. The molecule has 0 fully saturated rings. The zero-order chi connectivity index (χ0) is 23.1. The van der Waals surface area contributed by atoms with Crippen LogP contribution in [-0.4, -0.2) is 43.6 Å². The number of carbonyl (C=O) groups is 1. The Hall–Kier alpha value is -2.89. The van der Waals surface area contributed by atoms with Crippen LogP contribution in [-0.2, 0) is 26.1 Å². The number of imidazole rings is 1. The largest absolute Gasteiger partial charge is 0.382 e. The van der Waals surface area contributed by atoms with Gasteiger partial charge in [0.25, 0.3) is 0 Å². The number of halogens is 2. The van der Waals surface area contributed by atoms with Crippen LogP contribution in [0.5, 0.6) is 0 Å². The van der Waals surface area contributed by atoms with E-state index in [2.05, 4.69) is 15.0 Å². The maximum Gasteiger partial charge on any atom is 0.240 e. The summed E-state index contributed by atoms with van der Waals surface area (Å²) in [4.78, 5) is 16.4. The Morgan fingerprint density at radius 2 is 1.94 bits per heavy atom. The summed E-state index contributed by atoms with van der Waals surface area (Å²) in [7, 11) is -4.09. The van der Waals surface area contributed by atoms with Crippen molar-refractivity contribution in [2.24, 2.45) is 0 Å². The van der Waals surface area contributed by atoms with Crippen molar-refractivity contribution >= 4 is 32.9 Å². The van der Waals surface area contributed by atoms with Crippen LogP contribution in [0.25, 0.3) is 11.0 Å². The van der Waals surface area contributed by atoms with Crippen molar-refractivity contribution in [1.29, 1.82) is 0 Å². The first-order valence-electron chi connectivity index (χ1n) is 10.1. The van der Waals surface area contributed by atoms with Gasteiger partial charge in [0, 0.05) is 32.7 Å².